The first-order chi connectivity index (χ1) is 6.02. The lowest BCUT2D eigenvalue weighted by Gasteiger charge is -2.06. The second-order valence-corrected chi connectivity index (χ2v) is 3.15. The van der Waals surface area contributed by atoms with E-state index in [2.05, 4.69) is 0 Å². The normalized spacial score (nSPS) is 10.4. The van der Waals surface area contributed by atoms with Crippen LogP contribution < -0.4 is 0 Å². The molecule has 4 nitrogen and oxygen atoms in total. The number of nitro groups is 1. The first-order valence-corrected chi connectivity index (χ1v) is 3.99. The predicted molar refractivity (Wildman–Crippen MR) is 48.9 cm³/mol. The third-order valence-electron chi connectivity index (χ3n) is 1.84. The van der Waals surface area contributed by atoms with Crippen LogP contribution in [0, 0.1) is 10.1 Å². The third kappa shape index (κ3) is 1.96. The molecule has 13 heavy (non-hydrogen) atoms. The highest BCUT2D eigenvalue weighted by atomic mass is 16.6. The Balaban J connectivity index is 3.19. The number of phenolic OH excluding ortho intramolecular Hbond substituents is 1. The molecular weight excluding hydrogens is 170 g/mol. The van der Waals surface area contributed by atoms with E-state index in [0.29, 0.717) is 5.56 Å². The quantitative estimate of drug-likeness (QED) is 0.562. The number of hydrogen-bond donors (Lipinski definition) is 1. The van der Waals surface area contributed by atoms with Gasteiger partial charge in [-0.05, 0) is 12.0 Å². The van der Waals surface area contributed by atoms with Crippen molar-refractivity contribution in [1.82, 2.24) is 0 Å². The van der Waals surface area contributed by atoms with E-state index in [1.807, 2.05) is 13.8 Å². The molecule has 0 aliphatic heterocycles. The van der Waals surface area contributed by atoms with Crippen LogP contribution in [0.4, 0.5) is 5.69 Å². The molecule has 0 spiro atoms. The SMILES string of the molecule is CC(C)c1cc([N+](=O)[O-])ccc1O. The predicted octanol–water partition coefficient (Wildman–Crippen LogP) is 2.42. The number of phenols is 1. The van der Waals surface area contributed by atoms with Gasteiger partial charge < -0.3 is 5.11 Å². The van der Waals surface area contributed by atoms with Crippen molar-refractivity contribution < 1.29 is 10.0 Å². The van der Waals surface area contributed by atoms with Gasteiger partial charge in [0.05, 0.1) is 4.92 Å². The highest BCUT2D eigenvalue weighted by Gasteiger charge is 2.12. The number of rotatable bonds is 2. The van der Waals surface area contributed by atoms with Crippen LogP contribution in [0.15, 0.2) is 18.2 Å². The van der Waals surface area contributed by atoms with Crippen LogP contribution in [0.2, 0.25) is 0 Å². The average molecular weight is 181 g/mol. The zero-order valence-corrected chi connectivity index (χ0v) is 7.52. The molecule has 0 radical (unpaired) electrons. The summed E-state index contributed by atoms with van der Waals surface area (Å²) in [6.07, 6.45) is 0. The van der Waals surface area contributed by atoms with Crippen LogP contribution >= 0.6 is 0 Å². The number of aromatic hydroxyl groups is 1. The van der Waals surface area contributed by atoms with E-state index in [4.69, 9.17) is 0 Å². The van der Waals surface area contributed by atoms with E-state index in [1.54, 1.807) is 0 Å². The monoisotopic (exact) mass is 181 g/mol. The van der Waals surface area contributed by atoms with Crippen LogP contribution in [0.25, 0.3) is 0 Å². The number of nitrogens with zero attached hydrogens (tertiary/aromatic N) is 1. The smallest absolute Gasteiger partial charge is 0.269 e. The molecule has 4 heteroatoms. The zero-order chi connectivity index (χ0) is 10.0. The van der Waals surface area contributed by atoms with Gasteiger partial charge >= 0.3 is 0 Å². The maximum Gasteiger partial charge on any atom is 0.269 e. The lowest BCUT2D eigenvalue weighted by atomic mass is 10.0. The van der Waals surface area contributed by atoms with E-state index in [-0.39, 0.29) is 17.4 Å². The summed E-state index contributed by atoms with van der Waals surface area (Å²) in [5.74, 6) is 0.195. The summed E-state index contributed by atoms with van der Waals surface area (Å²) in [6, 6.07) is 4.05. The van der Waals surface area contributed by atoms with Crippen molar-refractivity contribution in [3.8, 4) is 5.75 Å². The summed E-state index contributed by atoms with van der Waals surface area (Å²) >= 11 is 0. The average Bonchev–Trinajstić information content (AvgIpc) is 2.04. The van der Waals surface area contributed by atoms with Gasteiger partial charge in [0.25, 0.3) is 5.69 Å². The van der Waals surface area contributed by atoms with Crippen LogP contribution in [-0.2, 0) is 0 Å². The minimum atomic E-state index is -0.467. The van der Waals surface area contributed by atoms with Gasteiger partial charge in [-0.25, -0.2) is 0 Å². The molecule has 0 bridgehead atoms. The van der Waals surface area contributed by atoms with Crippen molar-refractivity contribution in [2.45, 2.75) is 19.8 Å². The largest absolute Gasteiger partial charge is 0.508 e. The molecule has 0 fully saturated rings. The highest BCUT2D eigenvalue weighted by molar-refractivity contribution is 5.44. The summed E-state index contributed by atoms with van der Waals surface area (Å²) in [5, 5.41) is 19.8. The molecule has 0 aliphatic carbocycles. The molecule has 0 saturated heterocycles. The van der Waals surface area contributed by atoms with Gasteiger partial charge in [0.1, 0.15) is 5.75 Å². The van der Waals surface area contributed by atoms with Gasteiger partial charge in [0.15, 0.2) is 0 Å². The molecule has 70 valence electrons. The second-order valence-electron chi connectivity index (χ2n) is 3.15. The van der Waals surface area contributed by atoms with Crippen molar-refractivity contribution in [1.29, 1.82) is 0 Å². The minimum absolute atomic E-state index is 0.0153. The Morgan fingerprint density at radius 2 is 2.08 bits per heavy atom. The van der Waals surface area contributed by atoms with E-state index >= 15 is 0 Å². The summed E-state index contributed by atoms with van der Waals surface area (Å²) in [5.41, 5.74) is 0.621. The van der Waals surface area contributed by atoms with Gasteiger partial charge in [-0.2, -0.15) is 0 Å². The lowest BCUT2D eigenvalue weighted by molar-refractivity contribution is -0.385. The molecule has 0 amide bonds. The Bertz CT molecular complexity index is 334. The molecule has 0 unspecified atom stereocenters. The van der Waals surface area contributed by atoms with Crippen molar-refractivity contribution in [2.24, 2.45) is 0 Å². The Hall–Kier alpha value is -1.58. The number of non-ortho nitro benzene ring substituents is 1. The summed E-state index contributed by atoms with van der Waals surface area (Å²) in [4.78, 5) is 9.94. The summed E-state index contributed by atoms with van der Waals surface area (Å²) in [7, 11) is 0. The maximum atomic E-state index is 10.4. The number of nitro benzene ring substituents is 1. The van der Waals surface area contributed by atoms with Crippen LogP contribution in [0.1, 0.15) is 25.3 Å². The van der Waals surface area contributed by atoms with Gasteiger partial charge in [0.2, 0.25) is 0 Å². The molecule has 0 saturated carbocycles. The molecule has 1 aromatic carbocycles. The Morgan fingerprint density at radius 1 is 1.46 bits per heavy atom. The number of hydrogen-bond acceptors (Lipinski definition) is 3. The molecule has 0 atom stereocenters. The summed E-state index contributed by atoms with van der Waals surface area (Å²) in [6.45, 7) is 3.75. The molecular formula is C9H11NO3. The van der Waals surface area contributed by atoms with Crippen molar-refractivity contribution in [2.75, 3.05) is 0 Å². The van der Waals surface area contributed by atoms with Crippen LogP contribution in [0.3, 0.4) is 0 Å². The van der Waals surface area contributed by atoms with E-state index < -0.39 is 4.92 Å². The second kappa shape index (κ2) is 3.43. The first kappa shape index (κ1) is 9.51. The Morgan fingerprint density at radius 3 is 2.54 bits per heavy atom. The van der Waals surface area contributed by atoms with Crippen LogP contribution in [-0.4, -0.2) is 10.0 Å². The van der Waals surface area contributed by atoms with Gasteiger partial charge in [-0.3, -0.25) is 10.1 Å². The lowest BCUT2D eigenvalue weighted by Crippen LogP contribution is -1.92. The number of benzene rings is 1. The fraction of sp³-hybridized carbons (Fsp3) is 0.333. The molecule has 0 aliphatic rings. The van der Waals surface area contributed by atoms with E-state index in [9.17, 15) is 15.2 Å². The molecule has 1 N–H and O–H groups in total. The third-order valence-corrected chi connectivity index (χ3v) is 1.84. The van der Waals surface area contributed by atoms with Gasteiger partial charge in [-0.1, -0.05) is 13.8 Å². The molecule has 1 rings (SSSR count). The maximum absolute atomic E-state index is 10.4. The Labute approximate surface area is 76.0 Å². The zero-order valence-electron chi connectivity index (χ0n) is 7.52. The van der Waals surface area contributed by atoms with Crippen molar-refractivity contribution in [3.63, 3.8) is 0 Å². The first-order valence-electron chi connectivity index (χ1n) is 3.99. The minimum Gasteiger partial charge on any atom is -0.508 e. The van der Waals surface area contributed by atoms with Crippen LogP contribution in [0.5, 0.6) is 5.75 Å². The van der Waals surface area contributed by atoms with Crippen molar-refractivity contribution in [3.05, 3.63) is 33.9 Å². The fourth-order valence-corrected chi connectivity index (χ4v) is 1.12. The summed E-state index contributed by atoms with van der Waals surface area (Å²) < 4.78 is 0. The van der Waals surface area contributed by atoms with Crippen molar-refractivity contribution >= 4 is 5.69 Å². The molecule has 1 aromatic rings. The standard InChI is InChI=1S/C9H11NO3/c1-6(2)8-5-7(10(12)13)3-4-9(8)11/h3-6,11H,1-2H3. The molecule has 0 aromatic heterocycles. The fourth-order valence-electron chi connectivity index (χ4n) is 1.12. The van der Waals surface area contributed by atoms with Gasteiger partial charge in [0, 0.05) is 17.7 Å². The van der Waals surface area contributed by atoms with E-state index in [1.165, 1.54) is 18.2 Å². The topological polar surface area (TPSA) is 63.4 Å². The van der Waals surface area contributed by atoms with Gasteiger partial charge in [-0.15, -0.1) is 0 Å². The van der Waals surface area contributed by atoms with E-state index in [0.717, 1.165) is 0 Å². The highest BCUT2D eigenvalue weighted by Crippen LogP contribution is 2.28. The molecule has 0 heterocycles. The Kier molecular flexibility index (Phi) is 2.51.